The number of nitrogens with zero attached hydrogens (tertiary/aromatic N) is 1. The van der Waals surface area contributed by atoms with Crippen LogP contribution in [0.1, 0.15) is 48.3 Å². The highest BCUT2D eigenvalue weighted by molar-refractivity contribution is 5.30. The number of piperidine rings is 1. The van der Waals surface area contributed by atoms with Crippen molar-refractivity contribution >= 4 is 0 Å². The summed E-state index contributed by atoms with van der Waals surface area (Å²) in [6.07, 6.45) is -3.59. The summed E-state index contributed by atoms with van der Waals surface area (Å²) in [5.74, 6) is 0. The minimum absolute atomic E-state index is 0.00774. The highest BCUT2D eigenvalue weighted by atomic mass is 19.4. The van der Waals surface area contributed by atoms with Crippen molar-refractivity contribution in [3.05, 3.63) is 65.0 Å². The van der Waals surface area contributed by atoms with Crippen molar-refractivity contribution < 1.29 is 18.3 Å². The summed E-state index contributed by atoms with van der Waals surface area (Å²) in [6, 6.07) is 10.4. The molecule has 0 radical (unpaired) electrons. The van der Waals surface area contributed by atoms with Gasteiger partial charge < -0.3 is 10.4 Å². The van der Waals surface area contributed by atoms with E-state index in [1.54, 1.807) is 0 Å². The van der Waals surface area contributed by atoms with Gasteiger partial charge >= 0.3 is 6.18 Å². The normalized spacial score (nSPS) is 27.3. The molecule has 1 aromatic carbocycles. The van der Waals surface area contributed by atoms with Gasteiger partial charge in [0.15, 0.2) is 0 Å². The van der Waals surface area contributed by atoms with Crippen LogP contribution < -0.4 is 5.32 Å². The Morgan fingerprint density at radius 1 is 1.12 bits per heavy atom. The second-order valence-corrected chi connectivity index (χ2v) is 6.84. The number of rotatable bonds is 2. The molecule has 1 aliphatic rings. The molecular weight excluding hydrogens is 329 g/mol. The van der Waals surface area contributed by atoms with Gasteiger partial charge in [-0.3, -0.25) is 4.98 Å². The number of pyridine rings is 1. The van der Waals surface area contributed by atoms with Crippen LogP contribution in [0.5, 0.6) is 0 Å². The number of nitrogens with one attached hydrogen (secondary N) is 1. The Labute approximate surface area is 144 Å². The molecule has 3 unspecified atom stereocenters. The molecule has 3 nitrogen and oxygen atoms in total. The van der Waals surface area contributed by atoms with Crippen molar-refractivity contribution in [3.8, 4) is 0 Å². The lowest BCUT2D eigenvalue weighted by molar-refractivity contribution is -0.137. The van der Waals surface area contributed by atoms with Gasteiger partial charge in [-0.2, -0.15) is 13.2 Å². The standard InChI is InChI=1S/C19H21F3N2O/c1-12-4-3-5-16(23-12)17-11-18(25,10-13(2)24-17)14-6-8-15(9-7-14)19(20,21)22/h3-9,13,17,24-25H,10-11H2,1-2H3. The molecule has 0 aliphatic carbocycles. The maximum Gasteiger partial charge on any atom is 0.416 e. The Morgan fingerprint density at radius 2 is 1.80 bits per heavy atom. The van der Waals surface area contributed by atoms with E-state index in [-0.39, 0.29) is 12.1 Å². The zero-order chi connectivity index (χ0) is 18.2. The molecule has 0 spiro atoms. The maximum absolute atomic E-state index is 12.8. The second-order valence-electron chi connectivity index (χ2n) is 6.84. The fourth-order valence-corrected chi connectivity index (χ4v) is 3.54. The van der Waals surface area contributed by atoms with E-state index >= 15 is 0 Å². The van der Waals surface area contributed by atoms with E-state index in [9.17, 15) is 18.3 Å². The zero-order valence-electron chi connectivity index (χ0n) is 14.1. The van der Waals surface area contributed by atoms with E-state index in [2.05, 4.69) is 10.3 Å². The van der Waals surface area contributed by atoms with Crippen molar-refractivity contribution in [1.82, 2.24) is 10.3 Å². The van der Waals surface area contributed by atoms with Crippen molar-refractivity contribution in [2.24, 2.45) is 0 Å². The number of alkyl halides is 3. The van der Waals surface area contributed by atoms with E-state index in [1.165, 1.54) is 12.1 Å². The average Bonchev–Trinajstić information content (AvgIpc) is 2.53. The summed E-state index contributed by atoms with van der Waals surface area (Å²) in [4.78, 5) is 4.51. The number of hydrogen-bond acceptors (Lipinski definition) is 3. The molecule has 0 bridgehead atoms. The number of aryl methyl sites for hydroxylation is 1. The van der Waals surface area contributed by atoms with E-state index in [0.29, 0.717) is 18.4 Å². The van der Waals surface area contributed by atoms with Crippen LogP contribution >= 0.6 is 0 Å². The molecule has 2 aromatic rings. The third-order valence-corrected chi connectivity index (χ3v) is 4.69. The van der Waals surface area contributed by atoms with Gasteiger partial charge in [-0.05, 0) is 50.1 Å². The Morgan fingerprint density at radius 3 is 2.40 bits per heavy atom. The first-order valence-corrected chi connectivity index (χ1v) is 8.27. The highest BCUT2D eigenvalue weighted by Crippen LogP contribution is 2.40. The summed E-state index contributed by atoms with van der Waals surface area (Å²) in [6.45, 7) is 3.86. The van der Waals surface area contributed by atoms with Crippen LogP contribution in [0.25, 0.3) is 0 Å². The Bertz CT molecular complexity index is 745. The number of aromatic nitrogens is 1. The van der Waals surface area contributed by atoms with Crippen LogP contribution in [0.3, 0.4) is 0 Å². The first-order valence-electron chi connectivity index (χ1n) is 8.27. The lowest BCUT2D eigenvalue weighted by Gasteiger charge is -2.41. The average molecular weight is 350 g/mol. The number of halogens is 3. The molecule has 1 aromatic heterocycles. The number of benzene rings is 1. The highest BCUT2D eigenvalue weighted by Gasteiger charge is 2.40. The summed E-state index contributed by atoms with van der Waals surface area (Å²) >= 11 is 0. The molecule has 1 fully saturated rings. The Kier molecular flexibility index (Phi) is 4.60. The van der Waals surface area contributed by atoms with Gasteiger partial charge in [-0.1, -0.05) is 18.2 Å². The zero-order valence-corrected chi connectivity index (χ0v) is 14.1. The quantitative estimate of drug-likeness (QED) is 0.857. The van der Waals surface area contributed by atoms with Crippen LogP contribution in [-0.2, 0) is 11.8 Å². The SMILES string of the molecule is Cc1cccc(C2CC(O)(c3ccc(C(F)(F)F)cc3)CC(C)N2)n1. The van der Waals surface area contributed by atoms with Gasteiger partial charge in [0, 0.05) is 18.2 Å². The number of aliphatic hydroxyl groups is 1. The molecular formula is C19H21F3N2O. The first kappa shape index (κ1) is 17.9. The third kappa shape index (κ3) is 3.85. The lowest BCUT2D eigenvalue weighted by atomic mass is 9.78. The predicted octanol–water partition coefficient (Wildman–Crippen LogP) is 4.11. The minimum Gasteiger partial charge on any atom is -0.385 e. The van der Waals surface area contributed by atoms with Crippen molar-refractivity contribution in [2.75, 3.05) is 0 Å². The topological polar surface area (TPSA) is 45.1 Å². The van der Waals surface area contributed by atoms with Crippen LogP contribution in [0, 0.1) is 6.92 Å². The van der Waals surface area contributed by atoms with Gasteiger partial charge in [0.25, 0.3) is 0 Å². The molecule has 3 rings (SSSR count). The monoisotopic (exact) mass is 350 g/mol. The van der Waals surface area contributed by atoms with E-state index in [0.717, 1.165) is 23.5 Å². The summed E-state index contributed by atoms with van der Waals surface area (Å²) in [7, 11) is 0. The Hall–Kier alpha value is -1.92. The smallest absolute Gasteiger partial charge is 0.385 e. The molecule has 25 heavy (non-hydrogen) atoms. The van der Waals surface area contributed by atoms with Gasteiger partial charge in [0.05, 0.1) is 22.9 Å². The summed E-state index contributed by atoms with van der Waals surface area (Å²) < 4.78 is 38.3. The summed E-state index contributed by atoms with van der Waals surface area (Å²) in [5.41, 5.74) is 0.322. The molecule has 1 saturated heterocycles. The third-order valence-electron chi connectivity index (χ3n) is 4.69. The Balaban J connectivity index is 1.89. The fraction of sp³-hybridized carbons (Fsp3) is 0.421. The van der Waals surface area contributed by atoms with Gasteiger partial charge in [-0.15, -0.1) is 0 Å². The lowest BCUT2D eigenvalue weighted by Crippen LogP contribution is -2.47. The molecule has 0 amide bonds. The predicted molar refractivity (Wildman–Crippen MR) is 88.9 cm³/mol. The molecule has 2 heterocycles. The van der Waals surface area contributed by atoms with E-state index < -0.39 is 17.3 Å². The van der Waals surface area contributed by atoms with Crippen LogP contribution in [-0.4, -0.2) is 16.1 Å². The van der Waals surface area contributed by atoms with Crippen LogP contribution in [0.4, 0.5) is 13.2 Å². The number of hydrogen-bond donors (Lipinski definition) is 2. The summed E-state index contributed by atoms with van der Waals surface area (Å²) in [5, 5.41) is 14.6. The molecule has 0 saturated carbocycles. The van der Waals surface area contributed by atoms with Crippen molar-refractivity contribution in [1.29, 1.82) is 0 Å². The van der Waals surface area contributed by atoms with E-state index in [1.807, 2.05) is 32.0 Å². The van der Waals surface area contributed by atoms with Crippen LogP contribution in [0.15, 0.2) is 42.5 Å². The molecule has 134 valence electrons. The van der Waals surface area contributed by atoms with Gasteiger partial charge in [-0.25, -0.2) is 0 Å². The molecule has 3 atom stereocenters. The largest absolute Gasteiger partial charge is 0.416 e. The second kappa shape index (κ2) is 6.42. The van der Waals surface area contributed by atoms with Gasteiger partial charge in [0.2, 0.25) is 0 Å². The first-order chi connectivity index (χ1) is 11.7. The van der Waals surface area contributed by atoms with E-state index in [4.69, 9.17) is 0 Å². The maximum atomic E-state index is 12.8. The molecule has 2 N–H and O–H groups in total. The van der Waals surface area contributed by atoms with Crippen molar-refractivity contribution in [2.45, 2.75) is 50.6 Å². The van der Waals surface area contributed by atoms with Gasteiger partial charge in [0.1, 0.15) is 0 Å². The molecule has 6 heteroatoms. The van der Waals surface area contributed by atoms with Crippen molar-refractivity contribution in [3.63, 3.8) is 0 Å². The fourth-order valence-electron chi connectivity index (χ4n) is 3.54. The minimum atomic E-state index is -4.38. The van der Waals surface area contributed by atoms with Crippen LogP contribution in [0.2, 0.25) is 0 Å². The molecule has 1 aliphatic heterocycles.